The van der Waals surface area contributed by atoms with Crippen molar-refractivity contribution in [2.75, 3.05) is 0 Å². The number of carboxylic acid groups (broad SMARTS) is 2. The maximum atomic E-state index is 11.5. The number of fused-ring (bicyclic) bond motifs is 6. The van der Waals surface area contributed by atoms with Crippen LogP contribution in [0.2, 0.25) is 0 Å². The molecule has 8 nitrogen and oxygen atoms in total. The Bertz CT molecular complexity index is 2240. The maximum Gasteiger partial charge on any atom is 0.346 e. The van der Waals surface area contributed by atoms with E-state index >= 15 is 0 Å². The minimum atomic E-state index is -1.29. The van der Waals surface area contributed by atoms with E-state index in [2.05, 4.69) is 57.7 Å². The third-order valence-corrected chi connectivity index (χ3v) is 9.68. The number of benzene rings is 4. The van der Waals surface area contributed by atoms with Crippen LogP contribution in [0.5, 0.6) is 0 Å². The zero-order valence-corrected chi connectivity index (χ0v) is 28.5. The molecule has 0 saturated heterocycles. The second-order valence-corrected chi connectivity index (χ2v) is 13.0. The smallest absolute Gasteiger partial charge is 0.346 e. The van der Waals surface area contributed by atoms with Crippen molar-refractivity contribution in [1.29, 1.82) is 10.5 Å². The van der Waals surface area contributed by atoms with Gasteiger partial charge in [0, 0.05) is 56.7 Å². The van der Waals surface area contributed by atoms with Crippen molar-refractivity contribution in [3.8, 4) is 12.1 Å². The molecule has 6 aromatic rings. The molecule has 0 amide bonds. The molecule has 6 rings (SSSR count). The molecule has 0 spiro atoms. The number of rotatable bonds is 16. The van der Waals surface area contributed by atoms with Crippen LogP contribution < -0.4 is 0 Å². The van der Waals surface area contributed by atoms with E-state index in [9.17, 15) is 30.3 Å². The van der Waals surface area contributed by atoms with Crippen molar-refractivity contribution in [2.24, 2.45) is 0 Å². The van der Waals surface area contributed by atoms with Crippen LogP contribution in [0.15, 0.2) is 96.1 Å². The lowest BCUT2D eigenvalue weighted by Crippen LogP contribution is -1.99. The van der Waals surface area contributed by atoms with Gasteiger partial charge in [-0.15, -0.1) is 0 Å². The van der Waals surface area contributed by atoms with Gasteiger partial charge in [-0.25, -0.2) is 9.59 Å². The highest BCUT2D eigenvalue weighted by molar-refractivity contribution is 6.10. The second kappa shape index (κ2) is 16.1. The second-order valence-electron chi connectivity index (χ2n) is 13.0. The molecule has 0 radical (unpaired) electrons. The minimum Gasteiger partial charge on any atom is -0.477 e. The summed E-state index contributed by atoms with van der Waals surface area (Å²) in [5, 5.41) is 41.6. The van der Waals surface area contributed by atoms with Crippen molar-refractivity contribution < 1.29 is 19.8 Å². The number of aromatic nitrogens is 2. The molecule has 0 aliphatic rings. The summed E-state index contributed by atoms with van der Waals surface area (Å²) in [5.41, 5.74) is 5.01. The Kier molecular flexibility index (Phi) is 10.9. The molecule has 0 saturated carbocycles. The fourth-order valence-electron chi connectivity index (χ4n) is 7.20. The van der Waals surface area contributed by atoms with Crippen molar-refractivity contribution in [3.63, 3.8) is 0 Å². The molecule has 51 heavy (non-hydrogen) atoms. The Hall–Kier alpha value is -6.12. The maximum absolute atomic E-state index is 11.5. The first-order valence-corrected chi connectivity index (χ1v) is 17.6. The molecule has 0 unspecified atom stereocenters. The minimum absolute atomic E-state index is 0.360. The molecule has 256 valence electrons. The highest BCUT2D eigenvalue weighted by Crippen LogP contribution is 2.33. The normalized spacial score (nSPS) is 12.1. The van der Waals surface area contributed by atoms with Crippen molar-refractivity contribution in [2.45, 2.75) is 70.9 Å². The van der Waals surface area contributed by atoms with Crippen LogP contribution in [-0.2, 0) is 22.7 Å². The summed E-state index contributed by atoms with van der Waals surface area (Å²) in [6, 6.07) is 32.0. The third kappa shape index (κ3) is 7.71. The first-order chi connectivity index (χ1) is 24.9. The fraction of sp³-hybridized carbons (Fsp3) is 0.256. The van der Waals surface area contributed by atoms with Gasteiger partial charge < -0.3 is 19.3 Å². The van der Waals surface area contributed by atoms with E-state index in [1.807, 2.05) is 24.3 Å². The fourth-order valence-corrected chi connectivity index (χ4v) is 7.20. The number of unbranched alkanes of at least 4 members (excludes halogenated alkanes) is 8. The number of carboxylic acids is 2. The highest BCUT2D eigenvalue weighted by Gasteiger charge is 2.14. The highest BCUT2D eigenvalue weighted by atomic mass is 16.4. The summed E-state index contributed by atoms with van der Waals surface area (Å²) in [4.78, 5) is 22.9. The van der Waals surface area contributed by atoms with Gasteiger partial charge in [-0.1, -0.05) is 93.5 Å². The number of hydrogen-bond acceptors (Lipinski definition) is 4. The molecular weight excluding hydrogens is 636 g/mol. The summed E-state index contributed by atoms with van der Waals surface area (Å²) in [6.07, 6.45) is 13.3. The van der Waals surface area contributed by atoms with Gasteiger partial charge in [0.15, 0.2) is 0 Å². The molecule has 2 aromatic heterocycles. The largest absolute Gasteiger partial charge is 0.477 e. The SMILES string of the molecule is N#C/C(=C\c1ccc2c(c1)c1cc(/C=C(\C#N)C(=O)O)ccc1n2CCCCCCCCCCCn1c2ccccc2c2ccccc21)C(=O)O. The molecule has 2 N–H and O–H groups in total. The van der Waals surface area contributed by atoms with Crippen molar-refractivity contribution in [3.05, 3.63) is 107 Å². The summed E-state index contributed by atoms with van der Waals surface area (Å²) < 4.78 is 4.72. The Labute approximate surface area is 296 Å². The molecule has 0 aliphatic carbocycles. The lowest BCUT2D eigenvalue weighted by molar-refractivity contribution is -0.133. The standard InChI is InChI=1S/C43H40N4O4/c44-28-32(42(48)49)24-30-18-20-40-36(26-30)37-27-31(25-33(29-45)43(50)51)19-21-41(37)47(40)23-13-7-5-3-1-2-4-6-12-22-46-38-16-10-8-14-34(38)35-15-9-11-17-39(35)46/h8-11,14-21,24-27H,1-7,12-13,22-23H2,(H,48,49)(H,50,51)/b32-24+,33-25+. The molecule has 0 bridgehead atoms. The van der Waals surface area contributed by atoms with E-state index < -0.39 is 11.9 Å². The number of nitrogens with zero attached hydrogens (tertiary/aromatic N) is 4. The lowest BCUT2D eigenvalue weighted by Gasteiger charge is -2.09. The summed E-state index contributed by atoms with van der Waals surface area (Å²) in [5.74, 6) is -2.58. The molecule has 2 heterocycles. The quantitative estimate of drug-likeness (QED) is 0.0596. The Morgan fingerprint density at radius 2 is 0.863 bits per heavy atom. The average molecular weight is 677 g/mol. The van der Waals surface area contributed by atoms with Gasteiger partial charge in [0.05, 0.1) is 0 Å². The number of hydrogen-bond donors (Lipinski definition) is 2. The zero-order valence-electron chi connectivity index (χ0n) is 28.5. The van der Waals surface area contributed by atoms with E-state index in [-0.39, 0.29) is 11.1 Å². The zero-order chi connectivity index (χ0) is 35.7. The summed E-state index contributed by atoms with van der Waals surface area (Å²) in [6.45, 7) is 1.84. The number of aliphatic carboxylic acids is 2. The van der Waals surface area contributed by atoms with Gasteiger partial charge in [-0.3, -0.25) is 0 Å². The van der Waals surface area contributed by atoms with Crippen LogP contribution in [0.25, 0.3) is 55.8 Å². The van der Waals surface area contributed by atoms with Crippen molar-refractivity contribution >= 4 is 67.7 Å². The molecule has 4 aromatic carbocycles. The molecule has 8 heteroatoms. The van der Waals surface area contributed by atoms with Gasteiger partial charge in [0.25, 0.3) is 0 Å². The first kappa shape index (κ1) is 34.7. The van der Waals surface area contributed by atoms with Gasteiger partial charge >= 0.3 is 11.9 Å². The van der Waals surface area contributed by atoms with E-state index in [4.69, 9.17) is 0 Å². The average Bonchev–Trinajstić information content (AvgIpc) is 3.63. The van der Waals surface area contributed by atoms with E-state index in [0.717, 1.165) is 47.7 Å². The molecule has 0 aliphatic heterocycles. The van der Waals surface area contributed by atoms with Crippen LogP contribution >= 0.6 is 0 Å². The summed E-state index contributed by atoms with van der Waals surface area (Å²) >= 11 is 0. The van der Waals surface area contributed by atoms with Crippen LogP contribution in [0.3, 0.4) is 0 Å². The predicted molar refractivity (Wildman–Crippen MR) is 203 cm³/mol. The number of aryl methyl sites for hydroxylation is 2. The van der Waals surface area contributed by atoms with Gasteiger partial charge in [0.1, 0.15) is 23.3 Å². The van der Waals surface area contributed by atoms with Gasteiger partial charge in [0.2, 0.25) is 0 Å². The summed E-state index contributed by atoms with van der Waals surface area (Å²) in [7, 11) is 0. The lowest BCUT2D eigenvalue weighted by atomic mass is 10.0. The first-order valence-electron chi connectivity index (χ1n) is 17.6. The monoisotopic (exact) mass is 676 g/mol. The van der Waals surface area contributed by atoms with Gasteiger partial charge in [-0.2, -0.15) is 10.5 Å². The Balaban J connectivity index is 1.04. The van der Waals surface area contributed by atoms with Crippen LogP contribution in [0.4, 0.5) is 0 Å². The van der Waals surface area contributed by atoms with E-state index in [0.29, 0.717) is 11.1 Å². The van der Waals surface area contributed by atoms with Crippen LogP contribution in [-0.4, -0.2) is 31.3 Å². The van der Waals surface area contributed by atoms with Crippen LogP contribution in [0.1, 0.15) is 68.9 Å². The third-order valence-electron chi connectivity index (χ3n) is 9.68. The van der Waals surface area contributed by atoms with E-state index in [1.54, 1.807) is 24.3 Å². The topological polar surface area (TPSA) is 132 Å². The Morgan fingerprint density at radius 1 is 0.510 bits per heavy atom. The Morgan fingerprint density at radius 3 is 1.24 bits per heavy atom. The molecule has 0 fully saturated rings. The van der Waals surface area contributed by atoms with Crippen LogP contribution in [0, 0.1) is 22.7 Å². The number of nitriles is 2. The van der Waals surface area contributed by atoms with E-state index in [1.165, 1.54) is 78.9 Å². The van der Waals surface area contributed by atoms with Crippen molar-refractivity contribution in [1.82, 2.24) is 9.13 Å². The number of para-hydroxylation sites is 2. The molecule has 0 atom stereocenters. The predicted octanol–water partition coefficient (Wildman–Crippen LogP) is 10.1. The molecular formula is C43H40N4O4. The number of carbonyl (C=O) groups is 2. The van der Waals surface area contributed by atoms with Gasteiger partial charge in [-0.05, 0) is 72.5 Å².